The van der Waals surface area contributed by atoms with Crippen LogP contribution in [0, 0.1) is 5.92 Å². The maximum atomic E-state index is 12.3. The average Bonchev–Trinajstić information content (AvgIpc) is 3.23. The van der Waals surface area contributed by atoms with E-state index < -0.39 is 24.0 Å². The number of hydrogen-bond acceptors (Lipinski definition) is 6. The standard InChI is InChI=1S/C26H28F3NO5/c27-26(28,29)25(32)35-24(31)12-19-16-34-23-13-20(10-11-21(19)23)33-15-18-8-4-5-9-22(18)30-14-17-6-2-1-3-7-17/h1-3,6-7,10-11,13,18-19,22,30H,4-5,8-9,12,14-16H2/t18-,19?,22-/m0/s1. The van der Waals surface area contributed by atoms with E-state index in [9.17, 15) is 22.8 Å². The van der Waals surface area contributed by atoms with Gasteiger partial charge in [-0.2, -0.15) is 13.2 Å². The number of fused-ring (bicyclic) bond motifs is 1. The highest BCUT2D eigenvalue weighted by molar-refractivity contribution is 5.88. The summed E-state index contributed by atoms with van der Waals surface area (Å²) in [4.78, 5) is 22.6. The highest BCUT2D eigenvalue weighted by Gasteiger charge is 2.43. The van der Waals surface area contributed by atoms with E-state index in [1.165, 1.54) is 18.4 Å². The predicted octanol–water partition coefficient (Wildman–Crippen LogP) is 4.91. The Morgan fingerprint density at radius 2 is 1.83 bits per heavy atom. The van der Waals surface area contributed by atoms with Gasteiger partial charge in [-0.05, 0) is 24.5 Å². The molecule has 3 atom stereocenters. The van der Waals surface area contributed by atoms with Gasteiger partial charge in [0.1, 0.15) is 11.5 Å². The fraction of sp³-hybridized carbons (Fsp3) is 0.462. The minimum absolute atomic E-state index is 0.113. The molecule has 1 fully saturated rings. The second-order valence-electron chi connectivity index (χ2n) is 9.00. The molecule has 0 amide bonds. The molecule has 6 nitrogen and oxygen atoms in total. The van der Waals surface area contributed by atoms with Crippen LogP contribution in [0.25, 0.3) is 0 Å². The third-order valence-electron chi connectivity index (χ3n) is 6.50. The Bertz CT molecular complexity index is 1030. The van der Waals surface area contributed by atoms with E-state index in [4.69, 9.17) is 9.47 Å². The molecule has 2 aromatic rings. The number of carbonyl (C=O) groups excluding carboxylic acids is 2. The van der Waals surface area contributed by atoms with Crippen molar-refractivity contribution in [2.45, 2.75) is 56.8 Å². The van der Waals surface area contributed by atoms with Crippen molar-refractivity contribution in [1.29, 1.82) is 0 Å². The molecule has 1 heterocycles. The Hall–Kier alpha value is -3.07. The fourth-order valence-electron chi connectivity index (χ4n) is 4.64. The largest absolute Gasteiger partial charge is 0.493 e. The quantitative estimate of drug-likeness (QED) is 0.418. The molecule has 0 aromatic heterocycles. The molecule has 1 N–H and O–H groups in total. The van der Waals surface area contributed by atoms with Crippen LogP contribution in [0.2, 0.25) is 0 Å². The van der Waals surface area contributed by atoms with E-state index in [0.29, 0.717) is 35.6 Å². The molecule has 1 saturated carbocycles. The van der Waals surface area contributed by atoms with Crippen molar-refractivity contribution in [3.8, 4) is 11.5 Å². The van der Waals surface area contributed by atoms with Crippen molar-refractivity contribution in [3.05, 3.63) is 59.7 Å². The predicted molar refractivity (Wildman–Crippen MR) is 121 cm³/mol. The zero-order valence-electron chi connectivity index (χ0n) is 19.2. The zero-order chi connectivity index (χ0) is 24.8. The number of halogens is 3. The maximum Gasteiger partial charge on any atom is 0.491 e. The summed E-state index contributed by atoms with van der Waals surface area (Å²) in [5, 5.41) is 3.67. The lowest BCUT2D eigenvalue weighted by Gasteiger charge is -2.32. The smallest absolute Gasteiger partial charge is 0.491 e. The molecule has 4 rings (SSSR count). The van der Waals surface area contributed by atoms with Gasteiger partial charge in [-0.15, -0.1) is 0 Å². The summed E-state index contributed by atoms with van der Waals surface area (Å²) >= 11 is 0. The van der Waals surface area contributed by atoms with Gasteiger partial charge in [0.2, 0.25) is 0 Å². The number of benzene rings is 2. The van der Waals surface area contributed by atoms with Gasteiger partial charge in [-0.1, -0.05) is 49.2 Å². The van der Waals surface area contributed by atoms with Crippen LogP contribution in [0.4, 0.5) is 13.2 Å². The molecule has 35 heavy (non-hydrogen) atoms. The molecule has 188 valence electrons. The minimum Gasteiger partial charge on any atom is -0.493 e. The summed E-state index contributed by atoms with van der Waals surface area (Å²) in [6.07, 6.45) is -1.06. The van der Waals surface area contributed by atoms with Crippen molar-refractivity contribution in [2.24, 2.45) is 5.92 Å². The number of alkyl halides is 3. The monoisotopic (exact) mass is 491 g/mol. The normalized spacial score (nSPS) is 21.6. The average molecular weight is 492 g/mol. The lowest BCUT2D eigenvalue weighted by molar-refractivity contribution is -0.202. The second kappa shape index (κ2) is 11.1. The van der Waals surface area contributed by atoms with Crippen molar-refractivity contribution in [2.75, 3.05) is 13.2 Å². The summed E-state index contributed by atoms with van der Waals surface area (Å²) in [6, 6.07) is 15.9. The van der Waals surface area contributed by atoms with E-state index in [2.05, 4.69) is 22.2 Å². The number of ether oxygens (including phenoxy) is 3. The summed E-state index contributed by atoms with van der Waals surface area (Å²) in [5.41, 5.74) is 1.92. The third-order valence-corrected chi connectivity index (χ3v) is 6.50. The van der Waals surface area contributed by atoms with Crippen molar-refractivity contribution < 1.29 is 37.0 Å². The zero-order valence-corrected chi connectivity index (χ0v) is 19.2. The second-order valence-corrected chi connectivity index (χ2v) is 9.00. The van der Waals surface area contributed by atoms with E-state index >= 15 is 0 Å². The van der Waals surface area contributed by atoms with Crippen LogP contribution in [-0.4, -0.2) is 37.4 Å². The lowest BCUT2D eigenvalue weighted by Crippen LogP contribution is -2.40. The molecular formula is C26H28F3NO5. The van der Waals surface area contributed by atoms with Gasteiger partial charge in [0.05, 0.1) is 19.6 Å². The van der Waals surface area contributed by atoms with Crippen LogP contribution in [0.1, 0.15) is 49.1 Å². The molecule has 1 unspecified atom stereocenters. The number of hydrogen-bond donors (Lipinski definition) is 1. The highest BCUT2D eigenvalue weighted by atomic mass is 19.4. The number of nitrogens with one attached hydrogen (secondary N) is 1. The Labute approximate surface area is 201 Å². The molecule has 0 radical (unpaired) electrons. The van der Waals surface area contributed by atoms with Crippen LogP contribution < -0.4 is 14.8 Å². The Morgan fingerprint density at radius 1 is 1.06 bits per heavy atom. The summed E-state index contributed by atoms with van der Waals surface area (Å²) in [6.45, 7) is 1.48. The molecule has 0 bridgehead atoms. The first-order chi connectivity index (χ1) is 16.8. The topological polar surface area (TPSA) is 73.9 Å². The molecular weight excluding hydrogens is 463 g/mol. The summed E-state index contributed by atoms with van der Waals surface area (Å²) < 4.78 is 52.5. The first-order valence-corrected chi connectivity index (χ1v) is 11.8. The van der Waals surface area contributed by atoms with E-state index in [1.807, 2.05) is 18.2 Å². The van der Waals surface area contributed by atoms with E-state index in [-0.39, 0.29) is 13.0 Å². The fourth-order valence-corrected chi connectivity index (χ4v) is 4.64. The minimum atomic E-state index is -5.21. The molecule has 9 heteroatoms. The van der Waals surface area contributed by atoms with Gasteiger partial charge in [0.25, 0.3) is 0 Å². The van der Waals surface area contributed by atoms with Gasteiger partial charge in [-0.3, -0.25) is 4.79 Å². The number of carbonyl (C=O) groups is 2. The molecule has 0 spiro atoms. The van der Waals surface area contributed by atoms with E-state index in [0.717, 1.165) is 19.4 Å². The first kappa shape index (κ1) is 25.0. The van der Waals surface area contributed by atoms with Gasteiger partial charge in [0, 0.05) is 36.1 Å². The molecule has 1 aliphatic carbocycles. The van der Waals surface area contributed by atoms with Gasteiger partial charge in [0.15, 0.2) is 0 Å². The Balaban J connectivity index is 1.30. The van der Waals surface area contributed by atoms with Crippen LogP contribution in [0.5, 0.6) is 11.5 Å². The van der Waals surface area contributed by atoms with Crippen LogP contribution >= 0.6 is 0 Å². The van der Waals surface area contributed by atoms with Crippen LogP contribution in [0.15, 0.2) is 48.5 Å². The first-order valence-electron chi connectivity index (χ1n) is 11.8. The van der Waals surface area contributed by atoms with Crippen molar-refractivity contribution in [3.63, 3.8) is 0 Å². The number of rotatable bonds is 8. The molecule has 1 aliphatic heterocycles. The lowest BCUT2D eigenvalue weighted by atomic mass is 9.85. The Morgan fingerprint density at radius 3 is 2.60 bits per heavy atom. The van der Waals surface area contributed by atoms with Crippen LogP contribution in [-0.2, 0) is 20.9 Å². The van der Waals surface area contributed by atoms with Crippen molar-refractivity contribution in [1.82, 2.24) is 5.32 Å². The van der Waals surface area contributed by atoms with Crippen LogP contribution in [0.3, 0.4) is 0 Å². The van der Waals surface area contributed by atoms with Crippen molar-refractivity contribution >= 4 is 11.9 Å². The third kappa shape index (κ3) is 6.75. The number of esters is 2. The maximum absolute atomic E-state index is 12.3. The SMILES string of the molecule is O=C(CC1COc2cc(OC[C@@H]3CCCC[C@@H]3NCc3ccccc3)ccc21)OC(=O)C(F)(F)F. The Kier molecular flexibility index (Phi) is 7.95. The molecule has 2 aliphatic rings. The van der Waals surface area contributed by atoms with Gasteiger partial charge >= 0.3 is 18.1 Å². The molecule has 2 aromatic carbocycles. The van der Waals surface area contributed by atoms with E-state index in [1.54, 1.807) is 18.2 Å². The summed E-state index contributed by atoms with van der Waals surface area (Å²) in [7, 11) is 0. The van der Waals surface area contributed by atoms with Gasteiger partial charge in [-0.25, -0.2) is 4.79 Å². The van der Waals surface area contributed by atoms with Gasteiger partial charge < -0.3 is 19.5 Å². The summed E-state index contributed by atoms with van der Waals surface area (Å²) in [5.74, 6) is -2.71. The molecule has 0 saturated heterocycles. The highest BCUT2D eigenvalue weighted by Crippen LogP contribution is 2.39.